The molecule has 1 aliphatic rings. The van der Waals surface area contributed by atoms with Gasteiger partial charge in [0, 0.05) is 10.5 Å². The highest BCUT2D eigenvalue weighted by Gasteiger charge is 2.47. The standard InChI is InChI=1S/C28H21NOS/c30-27(23-14-6-2-7-15-23)29-25-18-10-11-19-26(25)31-28(29,24-16-8-3-9-17-24)21-20-22-12-4-1-5-13-22/h1-21H. The lowest BCUT2D eigenvalue weighted by Gasteiger charge is -2.36. The molecular weight excluding hydrogens is 398 g/mol. The first-order valence-corrected chi connectivity index (χ1v) is 11.1. The number of nitrogens with zero attached hydrogens (tertiary/aromatic N) is 1. The van der Waals surface area contributed by atoms with Crippen molar-refractivity contribution in [2.24, 2.45) is 0 Å². The summed E-state index contributed by atoms with van der Waals surface area (Å²) < 4.78 is 0. The van der Waals surface area contributed by atoms with Crippen LogP contribution in [0.5, 0.6) is 0 Å². The number of carbonyl (C=O) groups excluding carboxylic acids is 1. The fourth-order valence-corrected chi connectivity index (χ4v) is 5.34. The van der Waals surface area contributed by atoms with Crippen LogP contribution < -0.4 is 4.90 Å². The van der Waals surface area contributed by atoms with E-state index in [2.05, 4.69) is 42.5 Å². The number of thioether (sulfide) groups is 1. The number of carbonyl (C=O) groups is 1. The Morgan fingerprint density at radius 2 is 1.29 bits per heavy atom. The van der Waals surface area contributed by atoms with Crippen molar-refractivity contribution in [3.05, 3.63) is 138 Å². The molecule has 1 amide bonds. The van der Waals surface area contributed by atoms with Crippen LogP contribution in [0.4, 0.5) is 5.69 Å². The van der Waals surface area contributed by atoms with Gasteiger partial charge in [-0.2, -0.15) is 0 Å². The Kier molecular flexibility index (Phi) is 5.19. The molecule has 31 heavy (non-hydrogen) atoms. The predicted octanol–water partition coefficient (Wildman–Crippen LogP) is 7.01. The summed E-state index contributed by atoms with van der Waals surface area (Å²) in [5.74, 6) is -0.0142. The van der Waals surface area contributed by atoms with Gasteiger partial charge < -0.3 is 0 Å². The fourth-order valence-electron chi connectivity index (χ4n) is 3.93. The lowest BCUT2D eigenvalue weighted by atomic mass is 10.0. The highest BCUT2D eigenvalue weighted by Crippen LogP contribution is 2.57. The van der Waals surface area contributed by atoms with Crippen LogP contribution in [0.1, 0.15) is 21.5 Å². The van der Waals surface area contributed by atoms with Crippen molar-refractivity contribution in [1.82, 2.24) is 0 Å². The summed E-state index contributed by atoms with van der Waals surface area (Å²) in [4.78, 5) is 16.2. The topological polar surface area (TPSA) is 20.3 Å². The lowest BCUT2D eigenvalue weighted by Crippen LogP contribution is -2.43. The van der Waals surface area contributed by atoms with Crippen molar-refractivity contribution in [3.63, 3.8) is 0 Å². The second-order valence-electron chi connectivity index (χ2n) is 7.38. The molecule has 0 aromatic heterocycles. The van der Waals surface area contributed by atoms with Crippen LogP contribution in [0.3, 0.4) is 0 Å². The normalized spacial score (nSPS) is 17.6. The Balaban J connectivity index is 1.72. The van der Waals surface area contributed by atoms with Gasteiger partial charge in [-0.15, -0.1) is 0 Å². The first-order chi connectivity index (χ1) is 15.3. The van der Waals surface area contributed by atoms with E-state index in [1.54, 1.807) is 11.8 Å². The van der Waals surface area contributed by atoms with E-state index in [1.807, 2.05) is 89.8 Å². The summed E-state index contributed by atoms with van der Waals surface area (Å²) in [5.41, 5.74) is 3.77. The molecule has 1 heterocycles. The van der Waals surface area contributed by atoms with E-state index < -0.39 is 4.87 Å². The minimum absolute atomic E-state index is 0.0142. The Bertz CT molecular complexity index is 1220. The lowest BCUT2D eigenvalue weighted by molar-refractivity contribution is 0.0978. The Morgan fingerprint density at radius 3 is 2.00 bits per heavy atom. The van der Waals surface area contributed by atoms with E-state index >= 15 is 0 Å². The molecular formula is C28H21NOS. The molecule has 0 radical (unpaired) electrons. The number of fused-ring (bicyclic) bond motifs is 1. The molecule has 1 atom stereocenters. The first kappa shape index (κ1) is 19.4. The summed E-state index contributed by atoms with van der Waals surface area (Å²) in [7, 11) is 0. The van der Waals surface area contributed by atoms with Gasteiger partial charge in [0.15, 0.2) is 0 Å². The van der Waals surface area contributed by atoms with E-state index in [-0.39, 0.29) is 5.91 Å². The summed E-state index contributed by atoms with van der Waals surface area (Å²) in [6.07, 6.45) is 4.26. The molecule has 2 nitrogen and oxygen atoms in total. The van der Waals surface area contributed by atoms with Gasteiger partial charge in [0.1, 0.15) is 4.87 Å². The van der Waals surface area contributed by atoms with Crippen molar-refractivity contribution in [3.8, 4) is 0 Å². The molecule has 0 N–H and O–H groups in total. The minimum Gasteiger partial charge on any atom is -0.284 e. The van der Waals surface area contributed by atoms with Gasteiger partial charge in [0.05, 0.1) is 5.69 Å². The number of anilines is 1. The van der Waals surface area contributed by atoms with Crippen molar-refractivity contribution >= 4 is 29.4 Å². The van der Waals surface area contributed by atoms with Gasteiger partial charge in [0.2, 0.25) is 0 Å². The zero-order chi connectivity index (χ0) is 21.1. The van der Waals surface area contributed by atoms with Gasteiger partial charge in [0.25, 0.3) is 5.91 Å². The van der Waals surface area contributed by atoms with Gasteiger partial charge in [-0.25, -0.2) is 0 Å². The number of benzene rings is 4. The van der Waals surface area contributed by atoms with Crippen LogP contribution >= 0.6 is 11.8 Å². The van der Waals surface area contributed by atoms with E-state index in [4.69, 9.17) is 0 Å². The van der Waals surface area contributed by atoms with Gasteiger partial charge >= 0.3 is 0 Å². The van der Waals surface area contributed by atoms with Crippen LogP contribution in [0.2, 0.25) is 0 Å². The van der Waals surface area contributed by atoms with Crippen LogP contribution in [-0.4, -0.2) is 5.91 Å². The molecule has 4 aromatic carbocycles. The fraction of sp³-hybridized carbons (Fsp3) is 0.0357. The Hall–Kier alpha value is -3.56. The average molecular weight is 420 g/mol. The monoisotopic (exact) mass is 419 g/mol. The van der Waals surface area contributed by atoms with Crippen LogP contribution in [0.25, 0.3) is 6.08 Å². The van der Waals surface area contributed by atoms with E-state index in [0.29, 0.717) is 5.56 Å². The molecule has 3 heteroatoms. The third-order valence-electron chi connectivity index (χ3n) is 5.42. The third-order valence-corrected chi connectivity index (χ3v) is 6.85. The zero-order valence-electron chi connectivity index (χ0n) is 16.9. The van der Waals surface area contributed by atoms with Crippen LogP contribution in [-0.2, 0) is 4.87 Å². The Morgan fingerprint density at radius 1 is 0.710 bits per heavy atom. The van der Waals surface area contributed by atoms with E-state index in [9.17, 15) is 4.79 Å². The van der Waals surface area contributed by atoms with Gasteiger partial charge in [-0.1, -0.05) is 109 Å². The molecule has 0 saturated heterocycles. The summed E-state index contributed by atoms with van der Waals surface area (Å²) in [6.45, 7) is 0. The van der Waals surface area contributed by atoms with Crippen LogP contribution in [0, 0.1) is 0 Å². The summed E-state index contributed by atoms with van der Waals surface area (Å²) in [5, 5.41) is 0. The second-order valence-corrected chi connectivity index (χ2v) is 8.65. The molecule has 0 aliphatic carbocycles. The molecule has 0 fully saturated rings. The quantitative estimate of drug-likeness (QED) is 0.355. The predicted molar refractivity (Wildman–Crippen MR) is 129 cm³/mol. The molecule has 4 aromatic rings. The largest absolute Gasteiger partial charge is 0.284 e. The highest BCUT2D eigenvalue weighted by atomic mass is 32.2. The molecule has 1 unspecified atom stereocenters. The zero-order valence-corrected chi connectivity index (χ0v) is 17.7. The molecule has 150 valence electrons. The number of rotatable bonds is 4. The van der Waals surface area contributed by atoms with Crippen molar-refractivity contribution in [2.45, 2.75) is 9.77 Å². The average Bonchev–Trinajstić information content (AvgIpc) is 3.19. The smallest absolute Gasteiger partial charge is 0.260 e. The molecule has 5 rings (SSSR count). The number of amides is 1. The number of hydrogen-bond donors (Lipinski definition) is 0. The van der Waals surface area contributed by atoms with Crippen LogP contribution in [0.15, 0.2) is 126 Å². The maximum absolute atomic E-state index is 13.9. The SMILES string of the molecule is O=C(c1ccccc1)N1c2ccccc2SC1(C=Cc1ccccc1)c1ccccc1. The van der Waals surface area contributed by atoms with Crippen molar-refractivity contribution in [1.29, 1.82) is 0 Å². The molecule has 0 bridgehead atoms. The molecule has 0 saturated carbocycles. The second kappa shape index (κ2) is 8.29. The van der Waals surface area contributed by atoms with E-state index in [1.165, 1.54) is 0 Å². The summed E-state index contributed by atoms with van der Waals surface area (Å²) >= 11 is 1.71. The minimum atomic E-state index is -0.687. The Labute approximate surface area is 186 Å². The number of para-hydroxylation sites is 1. The molecule has 1 aliphatic heterocycles. The van der Waals surface area contributed by atoms with Crippen molar-refractivity contribution in [2.75, 3.05) is 4.90 Å². The van der Waals surface area contributed by atoms with E-state index in [0.717, 1.165) is 21.7 Å². The maximum atomic E-state index is 13.9. The van der Waals surface area contributed by atoms with Crippen molar-refractivity contribution < 1.29 is 4.79 Å². The first-order valence-electron chi connectivity index (χ1n) is 10.3. The highest BCUT2D eigenvalue weighted by molar-refractivity contribution is 8.01. The molecule has 0 spiro atoms. The van der Waals surface area contributed by atoms with Gasteiger partial charge in [-0.05, 0) is 41.5 Å². The summed E-state index contributed by atoms with van der Waals surface area (Å²) in [6, 6.07) is 38.1. The van der Waals surface area contributed by atoms with Gasteiger partial charge in [-0.3, -0.25) is 9.69 Å². The number of hydrogen-bond acceptors (Lipinski definition) is 2. The third kappa shape index (κ3) is 3.58. The maximum Gasteiger partial charge on any atom is 0.260 e.